The van der Waals surface area contributed by atoms with Gasteiger partial charge in [-0.15, -0.1) is 0 Å². The van der Waals surface area contributed by atoms with E-state index in [1.807, 2.05) is 0 Å². The molecule has 1 aliphatic rings. The number of rotatable bonds is 3. The van der Waals surface area contributed by atoms with Crippen LogP contribution in [0.3, 0.4) is 0 Å². The molecule has 0 aromatic heterocycles. The maximum Gasteiger partial charge on any atom is 0.255 e. The normalized spacial score (nSPS) is 22.8. The van der Waals surface area contributed by atoms with Crippen LogP contribution < -0.4 is 15.8 Å². The summed E-state index contributed by atoms with van der Waals surface area (Å²) in [5.41, 5.74) is 6.14. The molecular weight excluding hydrogens is 232 g/mol. The Morgan fingerprint density at radius 1 is 1.50 bits per heavy atom. The minimum Gasteiger partial charge on any atom is -0.507 e. The van der Waals surface area contributed by atoms with Crippen LogP contribution in [-0.2, 0) is 0 Å². The minimum absolute atomic E-state index is 0.000924. The average Bonchev–Trinajstić information content (AvgIpc) is 2.74. The summed E-state index contributed by atoms with van der Waals surface area (Å²) in [5.74, 6) is 0.137. The number of hydrogen-bond acceptors (Lipinski definition) is 4. The van der Waals surface area contributed by atoms with Crippen molar-refractivity contribution in [3.05, 3.63) is 23.8 Å². The Kier molecular flexibility index (Phi) is 3.72. The molecule has 4 N–H and O–H groups in total. The predicted octanol–water partition coefficient (Wildman–Crippen LogP) is 1.01. The van der Waals surface area contributed by atoms with E-state index in [1.54, 1.807) is 12.1 Å². The van der Waals surface area contributed by atoms with Crippen LogP contribution in [0.25, 0.3) is 0 Å². The molecule has 0 aliphatic heterocycles. The molecule has 1 amide bonds. The molecule has 18 heavy (non-hydrogen) atoms. The third-order valence-electron chi connectivity index (χ3n) is 3.34. The number of methoxy groups -OCH3 is 1. The van der Waals surface area contributed by atoms with E-state index in [0.29, 0.717) is 5.75 Å². The first-order chi connectivity index (χ1) is 8.61. The van der Waals surface area contributed by atoms with Gasteiger partial charge in [0.15, 0.2) is 0 Å². The Morgan fingerprint density at radius 2 is 2.28 bits per heavy atom. The number of nitrogens with one attached hydrogen (secondary N) is 1. The van der Waals surface area contributed by atoms with E-state index in [-0.39, 0.29) is 29.3 Å². The van der Waals surface area contributed by atoms with Gasteiger partial charge in [0.05, 0.1) is 12.7 Å². The van der Waals surface area contributed by atoms with Gasteiger partial charge in [-0.3, -0.25) is 4.79 Å². The Hall–Kier alpha value is -1.75. The molecule has 0 spiro atoms. The second-order valence-electron chi connectivity index (χ2n) is 4.56. The van der Waals surface area contributed by atoms with Gasteiger partial charge in [0.25, 0.3) is 5.91 Å². The predicted molar refractivity (Wildman–Crippen MR) is 67.7 cm³/mol. The van der Waals surface area contributed by atoms with Crippen LogP contribution in [-0.4, -0.2) is 30.2 Å². The third-order valence-corrected chi connectivity index (χ3v) is 3.34. The van der Waals surface area contributed by atoms with Crippen LogP contribution in [0, 0.1) is 0 Å². The Labute approximate surface area is 106 Å². The summed E-state index contributed by atoms with van der Waals surface area (Å²) in [4.78, 5) is 12.0. The highest BCUT2D eigenvalue weighted by atomic mass is 16.5. The molecule has 5 heteroatoms. The van der Waals surface area contributed by atoms with Crippen molar-refractivity contribution in [1.82, 2.24) is 5.32 Å². The molecule has 5 nitrogen and oxygen atoms in total. The summed E-state index contributed by atoms with van der Waals surface area (Å²) in [6.07, 6.45) is 2.85. The lowest BCUT2D eigenvalue weighted by atomic mass is 10.1. The zero-order valence-corrected chi connectivity index (χ0v) is 10.3. The Bertz CT molecular complexity index is 448. The molecule has 1 saturated carbocycles. The van der Waals surface area contributed by atoms with Crippen LogP contribution in [0.4, 0.5) is 0 Å². The summed E-state index contributed by atoms with van der Waals surface area (Å²) < 4.78 is 4.97. The lowest BCUT2D eigenvalue weighted by molar-refractivity contribution is 0.0932. The van der Waals surface area contributed by atoms with Crippen molar-refractivity contribution in [2.75, 3.05) is 7.11 Å². The van der Waals surface area contributed by atoms with E-state index in [2.05, 4.69) is 5.32 Å². The molecule has 0 heterocycles. The lowest BCUT2D eigenvalue weighted by Crippen LogP contribution is -2.43. The zero-order valence-electron chi connectivity index (χ0n) is 10.3. The van der Waals surface area contributed by atoms with Gasteiger partial charge in [-0.05, 0) is 31.4 Å². The van der Waals surface area contributed by atoms with Gasteiger partial charge in [0.2, 0.25) is 0 Å². The molecule has 98 valence electrons. The third kappa shape index (κ3) is 2.56. The molecule has 2 rings (SSSR count). The summed E-state index contributed by atoms with van der Waals surface area (Å²) in [5, 5.41) is 12.6. The van der Waals surface area contributed by atoms with Crippen LogP contribution >= 0.6 is 0 Å². The summed E-state index contributed by atoms with van der Waals surface area (Å²) in [6, 6.07) is 4.62. The first kappa shape index (κ1) is 12.7. The first-order valence-corrected chi connectivity index (χ1v) is 6.05. The number of ether oxygens (including phenoxy) is 1. The maximum atomic E-state index is 12.0. The zero-order chi connectivity index (χ0) is 13.1. The van der Waals surface area contributed by atoms with Gasteiger partial charge in [-0.25, -0.2) is 0 Å². The van der Waals surface area contributed by atoms with Gasteiger partial charge in [0.1, 0.15) is 11.5 Å². The topological polar surface area (TPSA) is 84.6 Å². The molecule has 0 bridgehead atoms. The summed E-state index contributed by atoms with van der Waals surface area (Å²) in [6.45, 7) is 0. The standard InChI is InChI=1S/C13H18N2O3/c1-18-8-5-6-9(12(16)7-8)13(17)15-11-4-2-3-10(11)14/h5-7,10-11,16H,2-4,14H2,1H3,(H,15,17). The number of nitrogens with two attached hydrogens (primary N) is 1. The average molecular weight is 250 g/mol. The van der Waals surface area contributed by atoms with E-state index in [0.717, 1.165) is 19.3 Å². The second-order valence-corrected chi connectivity index (χ2v) is 4.56. The highest BCUT2D eigenvalue weighted by molar-refractivity contribution is 5.97. The molecule has 1 aliphatic carbocycles. The summed E-state index contributed by atoms with van der Waals surface area (Å²) >= 11 is 0. The first-order valence-electron chi connectivity index (χ1n) is 6.05. The molecule has 1 aromatic rings. The Balaban J connectivity index is 2.09. The summed E-state index contributed by atoms with van der Waals surface area (Å²) in [7, 11) is 1.51. The Morgan fingerprint density at radius 3 is 2.83 bits per heavy atom. The van der Waals surface area contributed by atoms with Gasteiger partial charge in [-0.2, -0.15) is 0 Å². The smallest absolute Gasteiger partial charge is 0.255 e. The fourth-order valence-corrected chi connectivity index (χ4v) is 2.24. The van der Waals surface area contributed by atoms with Crippen LogP contribution in [0.5, 0.6) is 11.5 Å². The molecular formula is C13H18N2O3. The number of carbonyl (C=O) groups excluding carboxylic acids is 1. The molecule has 2 unspecified atom stereocenters. The van der Waals surface area contributed by atoms with E-state index in [9.17, 15) is 9.90 Å². The quantitative estimate of drug-likeness (QED) is 0.747. The number of hydrogen-bond donors (Lipinski definition) is 3. The van der Waals surface area contributed by atoms with Crippen molar-refractivity contribution in [3.63, 3.8) is 0 Å². The van der Waals surface area contributed by atoms with E-state index in [4.69, 9.17) is 10.5 Å². The van der Waals surface area contributed by atoms with Crippen LogP contribution in [0.2, 0.25) is 0 Å². The fourth-order valence-electron chi connectivity index (χ4n) is 2.24. The van der Waals surface area contributed by atoms with Gasteiger partial charge < -0.3 is 20.9 Å². The number of aromatic hydroxyl groups is 1. The molecule has 2 atom stereocenters. The molecule has 1 fully saturated rings. The van der Waals surface area contributed by atoms with Crippen molar-refractivity contribution < 1.29 is 14.6 Å². The number of benzene rings is 1. The van der Waals surface area contributed by atoms with Crippen molar-refractivity contribution in [3.8, 4) is 11.5 Å². The number of phenols is 1. The van der Waals surface area contributed by atoms with Crippen LogP contribution in [0.1, 0.15) is 29.6 Å². The van der Waals surface area contributed by atoms with E-state index >= 15 is 0 Å². The highest BCUT2D eigenvalue weighted by Crippen LogP contribution is 2.24. The molecule has 0 saturated heterocycles. The molecule has 1 aromatic carbocycles. The van der Waals surface area contributed by atoms with Crippen molar-refractivity contribution in [1.29, 1.82) is 0 Å². The van der Waals surface area contributed by atoms with Gasteiger partial charge in [-0.1, -0.05) is 0 Å². The van der Waals surface area contributed by atoms with E-state index in [1.165, 1.54) is 13.2 Å². The number of carbonyl (C=O) groups is 1. The number of amides is 1. The molecule has 0 radical (unpaired) electrons. The van der Waals surface area contributed by atoms with Crippen molar-refractivity contribution >= 4 is 5.91 Å². The lowest BCUT2D eigenvalue weighted by Gasteiger charge is -2.17. The van der Waals surface area contributed by atoms with Crippen molar-refractivity contribution in [2.45, 2.75) is 31.3 Å². The maximum absolute atomic E-state index is 12.0. The minimum atomic E-state index is -0.294. The van der Waals surface area contributed by atoms with Gasteiger partial charge >= 0.3 is 0 Å². The van der Waals surface area contributed by atoms with E-state index < -0.39 is 0 Å². The SMILES string of the molecule is COc1ccc(C(=O)NC2CCCC2N)c(O)c1. The second kappa shape index (κ2) is 5.27. The fraction of sp³-hybridized carbons (Fsp3) is 0.462. The highest BCUT2D eigenvalue weighted by Gasteiger charge is 2.26. The largest absolute Gasteiger partial charge is 0.507 e. The van der Waals surface area contributed by atoms with Gasteiger partial charge in [0, 0.05) is 18.2 Å². The van der Waals surface area contributed by atoms with Crippen LogP contribution in [0.15, 0.2) is 18.2 Å². The number of phenolic OH excluding ortho intramolecular Hbond substituents is 1. The van der Waals surface area contributed by atoms with Crippen molar-refractivity contribution in [2.24, 2.45) is 5.73 Å². The monoisotopic (exact) mass is 250 g/mol.